The van der Waals surface area contributed by atoms with Crippen molar-refractivity contribution in [2.75, 3.05) is 19.7 Å². The molecule has 1 aromatic rings. The lowest BCUT2D eigenvalue weighted by Gasteiger charge is -2.31. The lowest BCUT2D eigenvalue weighted by atomic mass is 9.97. The van der Waals surface area contributed by atoms with Gasteiger partial charge in [-0.2, -0.15) is 0 Å². The molecule has 114 valence electrons. The van der Waals surface area contributed by atoms with Crippen LogP contribution in [0.15, 0.2) is 12.3 Å². The normalized spacial score (nSPS) is 18.4. The van der Waals surface area contributed by atoms with Crippen LogP contribution in [0.1, 0.15) is 30.1 Å². The molecule has 0 aliphatic carbocycles. The molecule has 1 saturated heterocycles. The summed E-state index contributed by atoms with van der Waals surface area (Å²) in [6, 6.07) is 1.44. The van der Waals surface area contributed by atoms with Gasteiger partial charge in [-0.15, -0.1) is 0 Å². The largest absolute Gasteiger partial charge is 0.466 e. The Morgan fingerprint density at radius 1 is 1.48 bits per heavy atom. The first-order valence-electron chi connectivity index (χ1n) is 6.80. The standard InChI is InChI=1S/C14H16Cl2N2O3/c1-2-21-14(20)9-4-3-5-18(8-9)13(19)10-6-12(16)17-7-11(10)15/h6-7,9H,2-5,8H2,1H3. The van der Waals surface area contributed by atoms with Crippen molar-refractivity contribution in [2.45, 2.75) is 19.8 Å². The zero-order valence-corrected chi connectivity index (χ0v) is 13.2. The molecule has 1 unspecified atom stereocenters. The maximum Gasteiger partial charge on any atom is 0.310 e. The van der Waals surface area contributed by atoms with Crippen LogP contribution in [0.25, 0.3) is 0 Å². The molecule has 5 nitrogen and oxygen atoms in total. The van der Waals surface area contributed by atoms with Gasteiger partial charge in [0.1, 0.15) is 5.15 Å². The summed E-state index contributed by atoms with van der Waals surface area (Å²) in [6.07, 6.45) is 2.84. The van der Waals surface area contributed by atoms with E-state index in [0.717, 1.165) is 12.8 Å². The Hall–Kier alpha value is -1.33. The first-order chi connectivity index (χ1) is 10.0. The second kappa shape index (κ2) is 7.09. The van der Waals surface area contributed by atoms with Crippen molar-refractivity contribution in [3.63, 3.8) is 0 Å². The van der Waals surface area contributed by atoms with Gasteiger partial charge in [-0.1, -0.05) is 23.2 Å². The Bertz CT molecular complexity index is 551. The second-order valence-electron chi connectivity index (χ2n) is 4.83. The van der Waals surface area contributed by atoms with Crippen LogP contribution in [-0.4, -0.2) is 41.5 Å². The third-order valence-corrected chi connectivity index (χ3v) is 3.89. The third-order valence-electron chi connectivity index (χ3n) is 3.38. The van der Waals surface area contributed by atoms with E-state index in [1.165, 1.54) is 12.3 Å². The van der Waals surface area contributed by atoms with Crippen LogP contribution >= 0.6 is 23.2 Å². The van der Waals surface area contributed by atoms with E-state index in [0.29, 0.717) is 25.3 Å². The van der Waals surface area contributed by atoms with E-state index in [1.807, 2.05) is 0 Å². The topological polar surface area (TPSA) is 59.5 Å². The van der Waals surface area contributed by atoms with Gasteiger partial charge in [-0.25, -0.2) is 4.98 Å². The molecule has 0 aromatic carbocycles. The van der Waals surface area contributed by atoms with E-state index in [2.05, 4.69) is 4.98 Å². The number of pyridine rings is 1. The minimum atomic E-state index is -0.279. The van der Waals surface area contributed by atoms with Crippen molar-refractivity contribution in [1.82, 2.24) is 9.88 Å². The number of carbonyl (C=O) groups excluding carboxylic acids is 2. The maximum absolute atomic E-state index is 12.5. The zero-order valence-electron chi connectivity index (χ0n) is 11.6. The Morgan fingerprint density at radius 3 is 2.95 bits per heavy atom. The lowest BCUT2D eigenvalue weighted by Crippen LogP contribution is -2.42. The number of rotatable bonds is 3. The van der Waals surface area contributed by atoms with Crippen LogP contribution < -0.4 is 0 Å². The number of esters is 1. The van der Waals surface area contributed by atoms with Crippen LogP contribution in [0.2, 0.25) is 10.2 Å². The predicted molar refractivity (Wildman–Crippen MR) is 79.5 cm³/mol. The number of ether oxygens (including phenoxy) is 1. The summed E-state index contributed by atoms with van der Waals surface area (Å²) >= 11 is 11.8. The van der Waals surface area contributed by atoms with Gasteiger partial charge >= 0.3 is 5.97 Å². The van der Waals surface area contributed by atoms with E-state index in [1.54, 1.807) is 11.8 Å². The Kier molecular flexibility index (Phi) is 5.42. The summed E-state index contributed by atoms with van der Waals surface area (Å²) < 4.78 is 5.02. The summed E-state index contributed by atoms with van der Waals surface area (Å²) in [6.45, 7) is 3.04. The second-order valence-corrected chi connectivity index (χ2v) is 5.62. The monoisotopic (exact) mass is 330 g/mol. The molecule has 1 fully saturated rings. The lowest BCUT2D eigenvalue weighted by molar-refractivity contribution is -0.149. The Morgan fingerprint density at radius 2 is 2.24 bits per heavy atom. The van der Waals surface area contributed by atoms with E-state index < -0.39 is 0 Å². The van der Waals surface area contributed by atoms with Crippen molar-refractivity contribution in [3.8, 4) is 0 Å². The van der Waals surface area contributed by atoms with E-state index >= 15 is 0 Å². The average molecular weight is 331 g/mol. The predicted octanol–water partition coefficient (Wildman–Crippen LogP) is 2.80. The van der Waals surface area contributed by atoms with E-state index in [-0.39, 0.29) is 28.0 Å². The maximum atomic E-state index is 12.5. The highest BCUT2D eigenvalue weighted by Crippen LogP contribution is 2.24. The fourth-order valence-electron chi connectivity index (χ4n) is 2.36. The summed E-state index contributed by atoms with van der Waals surface area (Å²) in [5.41, 5.74) is 0.307. The van der Waals surface area contributed by atoms with Crippen molar-refractivity contribution in [1.29, 1.82) is 0 Å². The first-order valence-corrected chi connectivity index (χ1v) is 7.55. The van der Waals surface area contributed by atoms with Crippen molar-refractivity contribution >= 4 is 35.1 Å². The first kappa shape index (κ1) is 16.0. The minimum absolute atomic E-state index is 0.210. The highest BCUT2D eigenvalue weighted by molar-refractivity contribution is 6.35. The molecule has 0 saturated carbocycles. The molecule has 2 heterocycles. The quantitative estimate of drug-likeness (QED) is 0.631. The number of aromatic nitrogens is 1. The fourth-order valence-corrected chi connectivity index (χ4v) is 2.70. The van der Waals surface area contributed by atoms with Crippen LogP contribution in [-0.2, 0) is 9.53 Å². The Balaban J connectivity index is 2.12. The number of piperidine rings is 1. The van der Waals surface area contributed by atoms with Gasteiger partial charge in [-0.05, 0) is 25.8 Å². The molecule has 1 aromatic heterocycles. The van der Waals surface area contributed by atoms with Crippen LogP contribution in [0, 0.1) is 5.92 Å². The molecule has 0 radical (unpaired) electrons. The number of hydrogen-bond donors (Lipinski definition) is 0. The molecule has 21 heavy (non-hydrogen) atoms. The minimum Gasteiger partial charge on any atom is -0.466 e. The molecular formula is C14H16Cl2N2O3. The number of hydrogen-bond acceptors (Lipinski definition) is 4. The zero-order chi connectivity index (χ0) is 15.4. The van der Waals surface area contributed by atoms with Crippen molar-refractivity contribution in [2.24, 2.45) is 5.92 Å². The highest BCUT2D eigenvalue weighted by atomic mass is 35.5. The molecule has 7 heteroatoms. The van der Waals surface area contributed by atoms with E-state index in [4.69, 9.17) is 27.9 Å². The van der Waals surface area contributed by atoms with Gasteiger partial charge in [0.2, 0.25) is 0 Å². The fraction of sp³-hybridized carbons (Fsp3) is 0.500. The van der Waals surface area contributed by atoms with Crippen LogP contribution in [0.5, 0.6) is 0 Å². The molecule has 1 aliphatic rings. The summed E-state index contributed by atoms with van der Waals surface area (Å²) in [7, 11) is 0. The molecular weight excluding hydrogens is 315 g/mol. The van der Waals surface area contributed by atoms with Gasteiger partial charge in [0.25, 0.3) is 5.91 Å². The number of halogens is 2. The molecule has 1 amide bonds. The van der Waals surface area contributed by atoms with Crippen molar-refractivity contribution < 1.29 is 14.3 Å². The molecule has 0 N–H and O–H groups in total. The van der Waals surface area contributed by atoms with E-state index in [9.17, 15) is 9.59 Å². The van der Waals surface area contributed by atoms with Crippen LogP contribution in [0.3, 0.4) is 0 Å². The molecule has 1 aliphatic heterocycles. The smallest absolute Gasteiger partial charge is 0.310 e. The van der Waals surface area contributed by atoms with Crippen LogP contribution in [0.4, 0.5) is 0 Å². The SMILES string of the molecule is CCOC(=O)C1CCCN(C(=O)c2cc(Cl)ncc2Cl)C1. The summed E-state index contributed by atoms with van der Waals surface area (Å²) in [5, 5.41) is 0.462. The van der Waals surface area contributed by atoms with Gasteiger partial charge in [0.05, 0.1) is 23.1 Å². The summed E-state index contributed by atoms with van der Waals surface area (Å²) in [5.74, 6) is -0.772. The van der Waals surface area contributed by atoms with Crippen molar-refractivity contribution in [3.05, 3.63) is 28.0 Å². The number of likely N-dealkylation sites (tertiary alicyclic amines) is 1. The molecule has 2 rings (SSSR count). The summed E-state index contributed by atoms with van der Waals surface area (Å²) in [4.78, 5) is 29.7. The number of carbonyl (C=O) groups is 2. The number of nitrogens with zero attached hydrogens (tertiary/aromatic N) is 2. The highest BCUT2D eigenvalue weighted by Gasteiger charge is 2.30. The Labute approximate surface area is 133 Å². The molecule has 1 atom stereocenters. The molecule has 0 bridgehead atoms. The molecule has 0 spiro atoms. The van der Waals surface area contributed by atoms with Gasteiger partial charge in [0, 0.05) is 19.3 Å². The third kappa shape index (κ3) is 3.86. The van der Waals surface area contributed by atoms with Gasteiger partial charge < -0.3 is 9.64 Å². The number of amides is 1. The average Bonchev–Trinajstić information content (AvgIpc) is 2.49. The van der Waals surface area contributed by atoms with Gasteiger partial charge in [-0.3, -0.25) is 9.59 Å². The van der Waals surface area contributed by atoms with Gasteiger partial charge in [0.15, 0.2) is 0 Å².